The van der Waals surface area contributed by atoms with Crippen molar-refractivity contribution >= 4 is 10.9 Å². The molecule has 0 amide bonds. The number of hydrogen-bond acceptors (Lipinski definition) is 5. The summed E-state index contributed by atoms with van der Waals surface area (Å²) in [5.74, 6) is 1.56. The molecule has 2 atom stereocenters. The lowest BCUT2D eigenvalue weighted by atomic mass is 10.3. The van der Waals surface area contributed by atoms with Crippen LogP contribution in [0.3, 0.4) is 0 Å². The summed E-state index contributed by atoms with van der Waals surface area (Å²) < 4.78 is 22.5. The zero-order valence-corrected chi connectivity index (χ0v) is 19.3. The normalized spacial score (nSPS) is 13.9. The minimum atomic E-state index is -0.348. The second-order valence-electron chi connectivity index (χ2n) is 6.70. The summed E-state index contributed by atoms with van der Waals surface area (Å²) in [5.41, 5.74) is 0. The minimum absolute atomic E-state index is 0.281. The highest BCUT2D eigenvalue weighted by molar-refractivity contribution is 7.97. The molecule has 0 saturated carbocycles. The molecule has 164 valence electrons. The van der Waals surface area contributed by atoms with Crippen LogP contribution in [0.4, 0.5) is 0 Å². The van der Waals surface area contributed by atoms with Gasteiger partial charge in [0.15, 0.2) is 22.4 Å². The molecule has 0 aliphatic heterocycles. The van der Waals surface area contributed by atoms with Gasteiger partial charge in [-0.3, -0.25) is 0 Å². The van der Waals surface area contributed by atoms with E-state index in [1.807, 2.05) is 70.3 Å². The fraction of sp³-hybridized carbons (Fsp3) is 0.320. The molecule has 2 unspecified atom stereocenters. The number of benzene rings is 2. The molecule has 0 saturated heterocycles. The molecule has 0 spiro atoms. The van der Waals surface area contributed by atoms with Crippen LogP contribution in [0.15, 0.2) is 87.7 Å². The maximum Gasteiger partial charge on any atom is 0.258 e. The molecule has 0 aliphatic carbocycles. The van der Waals surface area contributed by atoms with E-state index in [0.717, 1.165) is 26.3 Å². The third-order valence-electron chi connectivity index (χ3n) is 4.37. The van der Waals surface area contributed by atoms with E-state index in [9.17, 15) is 0 Å². The minimum Gasteiger partial charge on any atom is -0.465 e. The van der Waals surface area contributed by atoms with E-state index in [-0.39, 0.29) is 23.5 Å². The van der Waals surface area contributed by atoms with E-state index < -0.39 is 0 Å². The maximum absolute atomic E-state index is 5.81. The Morgan fingerprint density at radius 1 is 0.710 bits per heavy atom. The largest absolute Gasteiger partial charge is 0.465 e. The molecule has 1 aromatic heterocycles. The molecule has 0 radical (unpaired) electrons. The van der Waals surface area contributed by atoms with Crippen molar-refractivity contribution in [3.05, 3.63) is 72.9 Å². The second kappa shape index (κ2) is 11.7. The molecular weight excluding hydrogens is 410 g/mol. The van der Waals surface area contributed by atoms with Gasteiger partial charge in [0.05, 0.1) is 0 Å². The van der Waals surface area contributed by atoms with Crippen LogP contribution in [-0.4, -0.2) is 30.8 Å². The molecule has 3 rings (SSSR count). The number of hydrogen-bond donors (Lipinski definition) is 0. The van der Waals surface area contributed by atoms with E-state index in [1.165, 1.54) is 0 Å². The van der Waals surface area contributed by atoms with Crippen LogP contribution < -0.4 is 9.47 Å². The first-order valence-corrected chi connectivity index (χ1v) is 11.7. The third kappa shape index (κ3) is 6.72. The maximum atomic E-state index is 5.81. The predicted molar refractivity (Wildman–Crippen MR) is 123 cm³/mol. The number of ether oxygens (including phenoxy) is 4. The van der Waals surface area contributed by atoms with Gasteiger partial charge in [-0.25, -0.2) is 4.98 Å². The standard InChI is InChI=1S/C25H30NO4S/c1-5-27-19(3)29-21-10-14-23(15-11-21)31(25-9-7-8-18-26-25)24-16-12-22(13-17-24)30-20(4)28-6-2/h7-20H,5-6H2,1-4H3/q+1. The molecule has 6 heteroatoms. The summed E-state index contributed by atoms with van der Waals surface area (Å²) in [5, 5.41) is 1.01. The summed E-state index contributed by atoms with van der Waals surface area (Å²) >= 11 is 0. The first kappa shape index (κ1) is 23.1. The summed E-state index contributed by atoms with van der Waals surface area (Å²) in [6.45, 7) is 8.93. The molecule has 2 aromatic carbocycles. The van der Waals surface area contributed by atoms with Crippen molar-refractivity contribution in [1.29, 1.82) is 0 Å². The van der Waals surface area contributed by atoms with E-state index in [4.69, 9.17) is 18.9 Å². The molecule has 0 aliphatic rings. The topological polar surface area (TPSA) is 49.8 Å². The lowest BCUT2D eigenvalue weighted by Crippen LogP contribution is -2.16. The van der Waals surface area contributed by atoms with E-state index in [1.54, 1.807) is 0 Å². The molecular formula is C25H30NO4S+. The van der Waals surface area contributed by atoms with Crippen molar-refractivity contribution in [2.45, 2.75) is 55.1 Å². The zero-order valence-electron chi connectivity index (χ0n) is 18.5. The summed E-state index contributed by atoms with van der Waals surface area (Å²) in [6, 6.07) is 22.3. The van der Waals surface area contributed by atoms with Gasteiger partial charge in [-0.2, -0.15) is 0 Å². The van der Waals surface area contributed by atoms with Crippen molar-refractivity contribution in [3.63, 3.8) is 0 Å². The van der Waals surface area contributed by atoms with Crippen LogP contribution in [0.1, 0.15) is 27.7 Å². The van der Waals surface area contributed by atoms with E-state index in [2.05, 4.69) is 35.3 Å². The first-order valence-electron chi connectivity index (χ1n) is 10.5. The van der Waals surface area contributed by atoms with Crippen LogP contribution in [-0.2, 0) is 20.4 Å². The van der Waals surface area contributed by atoms with Crippen LogP contribution in [0.2, 0.25) is 0 Å². The van der Waals surface area contributed by atoms with E-state index in [0.29, 0.717) is 13.2 Å². The van der Waals surface area contributed by atoms with E-state index >= 15 is 0 Å². The highest BCUT2D eigenvalue weighted by atomic mass is 32.2. The molecule has 1 heterocycles. The van der Waals surface area contributed by atoms with Crippen LogP contribution in [0.25, 0.3) is 0 Å². The van der Waals surface area contributed by atoms with Gasteiger partial charge in [-0.15, -0.1) is 0 Å². The fourth-order valence-corrected chi connectivity index (χ4v) is 5.03. The monoisotopic (exact) mass is 440 g/mol. The Morgan fingerprint density at radius 3 is 1.58 bits per heavy atom. The number of pyridine rings is 1. The van der Waals surface area contributed by atoms with Gasteiger partial charge in [-0.05, 0) is 82.3 Å². The third-order valence-corrected chi connectivity index (χ3v) is 6.52. The van der Waals surface area contributed by atoms with Gasteiger partial charge in [0.25, 0.3) is 5.03 Å². The number of rotatable bonds is 11. The van der Waals surface area contributed by atoms with Crippen molar-refractivity contribution in [2.75, 3.05) is 13.2 Å². The molecule has 5 nitrogen and oxygen atoms in total. The molecule has 0 fully saturated rings. The highest BCUT2D eigenvalue weighted by Gasteiger charge is 2.30. The van der Waals surface area contributed by atoms with Gasteiger partial charge in [0.1, 0.15) is 22.4 Å². The van der Waals surface area contributed by atoms with Crippen LogP contribution in [0.5, 0.6) is 11.5 Å². The SMILES string of the molecule is CCOC(C)Oc1ccc([S+](c2ccc(OC(C)OCC)cc2)c2ccccn2)cc1. The Hall–Kier alpha value is -2.54. The van der Waals surface area contributed by atoms with Gasteiger partial charge in [0, 0.05) is 25.5 Å². The van der Waals surface area contributed by atoms with Crippen molar-refractivity contribution in [1.82, 2.24) is 4.98 Å². The second-order valence-corrected chi connectivity index (χ2v) is 8.67. The zero-order chi connectivity index (χ0) is 22.1. The van der Waals surface area contributed by atoms with Gasteiger partial charge in [0.2, 0.25) is 0 Å². The summed E-state index contributed by atoms with van der Waals surface area (Å²) in [7, 11) is -0.348. The summed E-state index contributed by atoms with van der Waals surface area (Å²) in [4.78, 5) is 6.95. The lowest BCUT2D eigenvalue weighted by Gasteiger charge is -2.15. The lowest BCUT2D eigenvalue weighted by molar-refractivity contribution is -0.0616. The quantitative estimate of drug-likeness (QED) is 0.283. The Labute approximate surface area is 187 Å². The van der Waals surface area contributed by atoms with Crippen LogP contribution >= 0.6 is 0 Å². The Kier molecular flexibility index (Phi) is 8.76. The van der Waals surface area contributed by atoms with Gasteiger partial charge in [-0.1, -0.05) is 6.07 Å². The predicted octanol–water partition coefficient (Wildman–Crippen LogP) is 5.70. The van der Waals surface area contributed by atoms with Gasteiger partial charge >= 0.3 is 0 Å². The van der Waals surface area contributed by atoms with Gasteiger partial charge < -0.3 is 18.9 Å². The van der Waals surface area contributed by atoms with Crippen molar-refractivity contribution < 1.29 is 18.9 Å². The number of nitrogens with zero attached hydrogens (tertiary/aromatic N) is 1. The molecule has 31 heavy (non-hydrogen) atoms. The molecule has 3 aromatic rings. The average molecular weight is 441 g/mol. The Balaban J connectivity index is 1.84. The average Bonchev–Trinajstić information content (AvgIpc) is 2.77. The first-order chi connectivity index (χ1) is 15.1. The fourth-order valence-electron chi connectivity index (χ4n) is 3.07. The molecule has 0 N–H and O–H groups in total. The van der Waals surface area contributed by atoms with Crippen molar-refractivity contribution in [3.8, 4) is 11.5 Å². The number of aromatic nitrogens is 1. The highest BCUT2D eigenvalue weighted by Crippen LogP contribution is 2.32. The Bertz CT molecular complexity index is 846. The van der Waals surface area contributed by atoms with Crippen LogP contribution in [0, 0.1) is 0 Å². The smallest absolute Gasteiger partial charge is 0.258 e. The van der Waals surface area contributed by atoms with Crippen molar-refractivity contribution in [2.24, 2.45) is 0 Å². The molecule has 0 bridgehead atoms. The summed E-state index contributed by atoms with van der Waals surface area (Å²) in [6.07, 6.45) is 1.27. The Morgan fingerprint density at radius 2 is 1.19 bits per heavy atom.